The van der Waals surface area contributed by atoms with Crippen molar-refractivity contribution in [2.75, 3.05) is 19.7 Å². The minimum Gasteiger partial charge on any atom is -0.478 e. The van der Waals surface area contributed by atoms with Crippen LogP contribution >= 0.6 is 0 Å². The van der Waals surface area contributed by atoms with E-state index in [0.717, 1.165) is 38.4 Å². The molecule has 0 amide bonds. The average molecular weight is 312 g/mol. The molecule has 120 valence electrons. The van der Waals surface area contributed by atoms with Gasteiger partial charge in [0.2, 0.25) is 0 Å². The van der Waals surface area contributed by atoms with Crippen molar-refractivity contribution in [2.24, 2.45) is 10.9 Å². The summed E-state index contributed by atoms with van der Waals surface area (Å²) in [7, 11) is 0. The second-order valence-corrected chi connectivity index (χ2v) is 5.83. The smallest absolute Gasteiger partial charge is 0.416 e. The fraction of sp³-hybridized carbons (Fsp3) is 0.562. The van der Waals surface area contributed by atoms with Crippen molar-refractivity contribution in [3.8, 4) is 0 Å². The number of ether oxygens (including phenoxy) is 1. The van der Waals surface area contributed by atoms with E-state index in [-0.39, 0.29) is 12.2 Å². The van der Waals surface area contributed by atoms with Crippen LogP contribution in [0.5, 0.6) is 0 Å². The number of rotatable bonds is 3. The number of nitrogens with one attached hydrogen (secondary N) is 1. The van der Waals surface area contributed by atoms with E-state index < -0.39 is 17.8 Å². The number of halogens is 3. The molecule has 1 unspecified atom stereocenters. The molecule has 22 heavy (non-hydrogen) atoms. The maximum atomic E-state index is 13.1. The molecule has 2 heterocycles. The van der Waals surface area contributed by atoms with Crippen molar-refractivity contribution >= 4 is 5.90 Å². The Kier molecular flexibility index (Phi) is 4.38. The van der Waals surface area contributed by atoms with Crippen LogP contribution in [0.1, 0.15) is 36.4 Å². The van der Waals surface area contributed by atoms with E-state index in [4.69, 9.17) is 4.74 Å². The van der Waals surface area contributed by atoms with Gasteiger partial charge in [-0.3, -0.25) is 0 Å². The molecule has 1 atom stereocenters. The lowest BCUT2D eigenvalue weighted by molar-refractivity contribution is -0.138. The first kappa shape index (κ1) is 15.3. The zero-order chi connectivity index (χ0) is 15.6. The van der Waals surface area contributed by atoms with Crippen molar-refractivity contribution in [2.45, 2.75) is 31.5 Å². The Morgan fingerprint density at radius 1 is 1.18 bits per heavy atom. The van der Waals surface area contributed by atoms with Gasteiger partial charge in [0.1, 0.15) is 12.6 Å². The Hall–Kier alpha value is -1.56. The summed E-state index contributed by atoms with van der Waals surface area (Å²) in [6.07, 6.45) is -1.51. The molecular weight excluding hydrogens is 293 g/mol. The minimum absolute atomic E-state index is 0.202. The molecule has 1 aromatic carbocycles. The third-order valence-corrected chi connectivity index (χ3v) is 4.25. The highest BCUT2D eigenvalue weighted by Crippen LogP contribution is 2.37. The standard InChI is InChI=1S/C16H19F3N2O/c17-16(18,19)13-4-2-1-3-12(13)14-10-22-15(21-14)9-11-5-7-20-8-6-11/h1-4,11,14,20H,5-10H2. The number of alkyl halides is 3. The molecule has 1 saturated heterocycles. The molecule has 0 spiro atoms. The van der Waals surface area contributed by atoms with Gasteiger partial charge in [-0.15, -0.1) is 0 Å². The number of nitrogens with zero attached hydrogens (tertiary/aromatic N) is 1. The van der Waals surface area contributed by atoms with Crippen molar-refractivity contribution in [3.63, 3.8) is 0 Å². The number of benzene rings is 1. The molecule has 2 aliphatic rings. The number of piperidine rings is 1. The topological polar surface area (TPSA) is 33.6 Å². The van der Waals surface area contributed by atoms with Crippen molar-refractivity contribution in [1.82, 2.24) is 5.32 Å². The molecule has 3 rings (SSSR count). The van der Waals surface area contributed by atoms with E-state index in [1.165, 1.54) is 12.1 Å². The highest BCUT2D eigenvalue weighted by molar-refractivity contribution is 5.78. The van der Waals surface area contributed by atoms with Crippen molar-refractivity contribution in [3.05, 3.63) is 35.4 Å². The van der Waals surface area contributed by atoms with Crippen LogP contribution in [0.2, 0.25) is 0 Å². The lowest BCUT2D eigenvalue weighted by atomic mass is 9.95. The Morgan fingerprint density at radius 2 is 1.91 bits per heavy atom. The first-order valence-corrected chi connectivity index (χ1v) is 7.60. The Balaban J connectivity index is 1.74. The summed E-state index contributed by atoms with van der Waals surface area (Å²) in [4.78, 5) is 4.40. The summed E-state index contributed by atoms with van der Waals surface area (Å²) >= 11 is 0. The normalized spacial score (nSPS) is 23.2. The molecule has 0 bridgehead atoms. The van der Waals surface area contributed by atoms with Crippen LogP contribution in [0, 0.1) is 5.92 Å². The highest BCUT2D eigenvalue weighted by atomic mass is 19.4. The second kappa shape index (κ2) is 6.28. The Bertz CT molecular complexity index is 551. The largest absolute Gasteiger partial charge is 0.478 e. The van der Waals surface area contributed by atoms with Gasteiger partial charge in [-0.25, -0.2) is 4.99 Å². The van der Waals surface area contributed by atoms with Crippen LogP contribution in [0.15, 0.2) is 29.3 Å². The molecule has 6 heteroatoms. The van der Waals surface area contributed by atoms with E-state index in [1.54, 1.807) is 6.07 Å². The summed E-state index contributed by atoms with van der Waals surface area (Å²) in [5.74, 6) is 1.12. The molecule has 2 aliphatic heterocycles. The summed E-state index contributed by atoms with van der Waals surface area (Å²) in [5, 5.41) is 3.29. The van der Waals surface area contributed by atoms with Gasteiger partial charge in [-0.1, -0.05) is 18.2 Å². The molecule has 1 N–H and O–H groups in total. The number of hydrogen-bond donors (Lipinski definition) is 1. The Labute approximate surface area is 127 Å². The van der Waals surface area contributed by atoms with Crippen molar-refractivity contribution < 1.29 is 17.9 Å². The SMILES string of the molecule is FC(F)(F)c1ccccc1C1COC(CC2CCNCC2)=N1. The van der Waals surface area contributed by atoms with Gasteiger partial charge in [0.05, 0.1) is 5.56 Å². The van der Waals surface area contributed by atoms with Gasteiger partial charge in [-0.2, -0.15) is 13.2 Å². The highest BCUT2D eigenvalue weighted by Gasteiger charge is 2.36. The number of aliphatic imine (C=N–C) groups is 1. The average Bonchev–Trinajstić information content (AvgIpc) is 2.96. The maximum Gasteiger partial charge on any atom is 0.416 e. The van der Waals surface area contributed by atoms with E-state index in [9.17, 15) is 13.2 Å². The molecule has 0 radical (unpaired) electrons. The molecule has 3 nitrogen and oxygen atoms in total. The fourth-order valence-electron chi connectivity index (χ4n) is 3.07. The van der Waals surface area contributed by atoms with Gasteiger partial charge >= 0.3 is 6.18 Å². The fourth-order valence-corrected chi connectivity index (χ4v) is 3.07. The summed E-state index contributed by atoms with van der Waals surface area (Å²) in [6, 6.07) is 5.07. The third kappa shape index (κ3) is 3.43. The Morgan fingerprint density at radius 3 is 2.64 bits per heavy atom. The van der Waals surface area contributed by atoms with Crippen LogP contribution in [0.4, 0.5) is 13.2 Å². The maximum absolute atomic E-state index is 13.1. The minimum atomic E-state index is -4.36. The van der Waals surface area contributed by atoms with E-state index in [1.807, 2.05) is 0 Å². The van der Waals surface area contributed by atoms with Crippen molar-refractivity contribution in [1.29, 1.82) is 0 Å². The third-order valence-electron chi connectivity index (χ3n) is 4.25. The zero-order valence-electron chi connectivity index (χ0n) is 12.2. The van der Waals surface area contributed by atoms with Crippen LogP contribution in [-0.4, -0.2) is 25.6 Å². The predicted octanol–water partition coefficient (Wildman–Crippen LogP) is 3.56. The van der Waals surface area contributed by atoms with Crippen LogP contribution < -0.4 is 5.32 Å². The first-order chi connectivity index (χ1) is 10.5. The summed E-state index contributed by atoms with van der Waals surface area (Å²) in [6.45, 7) is 2.17. The van der Waals surface area contributed by atoms with E-state index >= 15 is 0 Å². The lowest BCUT2D eigenvalue weighted by Crippen LogP contribution is -2.28. The molecule has 1 fully saturated rings. The predicted molar refractivity (Wildman–Crippen MR) is 77.8 cm³/mol. The lowest BCUT2D eigenvalue weighted by Gasteiger charge is -2.21. The zero-order valence-corrected chi connectivity index (χ0v) is 12.2. The summed E-state index contributed by atoms with van der Waals surface area (Å²) in [5.41, 5.74) is -0.411. The molecule has 0 aromatic heterocycles. The molecular formula is C16H19F3N2O. The van der Waals surface area contributed by atoms with E-state index in [2.05, 4.69) is 10.3 Å². The van der Waals surface area contributed by atoms with E-state index in [0.29, 0.717) is 11.8 Å². The summed E-state index contributed by atoms with van der Waals surface area (Å²) < 4.78 is 44.8. The van der Waals surface area contributed by atoms with Crippen LogP contribution in [0.3, 0.4) is 0 Å². The second-order valence-electron chi connectivity index (χ2n) is 5.83. The van der Waals surface area contributed by atoms with Crippen LogP contribution in [-0.2, 0) is 10.9 Å². The number of hydrogen-bond acceptors (Lipinski definition) is 3. The monoisotopic (exact) mass is 312 g/mol. The van der Waals surface area contributed by atoms with Gasteiger partial charge < -0.3 is 10.1 Å². The molecule has 0 aliphatic carbocycles. The van der Waals surface area contributed by atoms with Gasteiger partial charge in [0.15, 0.2) is 5.90 Å². The van der Waals surface area contributed by atoms with Gasteiger partial charge in [0.25, 0.3) is 0 Å². The van der Waals surface area contributed by atoms with Gasteiger partial charge in [0, 0.05) is 6.42 Å². The molecule has 0 saturated carbocycles. The van der Waals surface area contributed by atoms with Gasteiger partial charge in [-0.05, 0) is 43.5 Å². The molecule has 1 aromatic rings. The first-order valence-electron chi connectivity index (χ1n) is 7.60. The quantitative estimate of drug-likeness (QED) is 0.926. The van der Waals surface area contributed by atoms with Crippen LogP contribution in [0.25, 0.3) is 0 Å².